The van der Waals surface area contributed by atoms with Crippen LogP contribution < -0.4 is 5.32 Å². The molecule has 2 heterocycles. The third kappa shape index (κ3) is 2.81. The number of fused-ring (bicyclic) bond motifs is 1. The fourth-order valence-corrected chi connectivity index (χ4v) is 1.70. The van der Waals surface area contributed by atoms with Gasteiger partial charge in [-0.2, -0.15) is 26.8 Å². The number of anilines is 1. The molecule has 0 saturated heterocycles. The number of hydrogen-bond acceptors (Lipinski definition) is 5. The Hall–Kier alpha value is -1.01. The predicted octanol–water partition coefficient (Wildman–Crippen LogP) is 2.56. The van der Waals surface area contributed by atoms with Crippen molar-refractivity contribution >= 4 is 40.2 Å². The first-order valence-corrected chi connectivity index (χ1v) is 6.78. The van der Waals surface area contributed by atoms with E-state index in [9.17, 15) is 0 Å². The van der Waals surface area contributed by atoms with Gasteiger partial charge in [-0.15, -0.1) is 0 Å². The van der Waals surface area contributed by atoms with Crippen LogP contribution in [0.5, 0.6) is 0 Å². The van der Waals surface area contributed by atoms with Crippen LogP contribution in [0, 0.1) is 0 Å². The number of nitrogens with zero attached hydrogens (tertiary/aromatic N) is 3. The van der Waals surface area contributed by atoms with E-state index in [1.54, 1.807) is 18.0 Å². The molecule has 0 aliphatic rings. The molecule has 0 radical (unpaired) electrons. The zero-order chi connectivity index (χ0) is 12.5. The summed E-state index contributed by atoms with van der Waals surface area (Å²) in [6, 6.07) is 0. The highest BCUT2D eigenvalue weighted by atomic mass is 35.5. The Morgan fingerprint density at radius 2 is 2.24 bits per heavy atom. The molecule has 92 valence electrons. The van der Waals surface area contributed by atoms with Crippen molar-refractivity contribution in [2.75, 3.05) is 18.1 Å². The molecular formula is C10H14ClN5S. The number of aromatic amines is 1. The van der Waals surface area contributed by atoms with E-state index < -0.39 is 0 Å². The topological polar surface area (TPSA) is 66.5 Å². The van der Waals surface area contributed by atoms with E-state index >= 15 is 0 Å². The summed E-state index contributed by atoms with van der Waals surface area (Å²) in [4.78, 5) is 8.24. The van der Waals surface area contributed by atoms with Gasteiger partial charge in [-0.05, 0) is 31.7 Å². The number of thioether (sulfide) groups is 1. The summed E-state index contributed by atoms with van der Waals surface area (Å²) in [6.07, 6.45) is 3.78. The predicted molar refractivity (Wildman–Crippen MR) is 72.8 cm³/mol. The molecule has 0 amide bonds. The van der Waals surface area contributed by atoms with Crippen molar-refractivity contribution in [1.82, 2.24) is 20.2 Å². The van der Waals surface area contributed by atoms with E-state index in [4.69, 9.17) is 11.6 Å². The standard InChI is InChI=1S/C10H14ClN5S/c1-10(2,17-3)5-12-7-6-4-13-16-8(6)15-9(11)14-7/h4H,5H2,1-3H3,(H2,12,13,14,15,16). The number of halogens is 1. The molecular weight excluding hydrogens is 258 g/mol. The van der Waals surface area contributed by atoms with Crippen LogP contribution >= 0.6 is 23.4 Å². The van der Waals surface area contributed by atoms with Gasteiger partial charge < -0.3 is 5.32 Å². The molecule has 7 heteroatoms. The molecule has 0 spiro atoms. The maximum Gasteiger partial charge on any atom is 0.226 e. The average Bonchev–Trinajstić information content (AvgIpc) is 2.73. The fourth-order valence-electron chi connectivity index (χ4n) is 1.31. The molecule has 5 nitrogen and oxygen atoms in total. The van der Waals surface area contributed by atoms with Gasteiger partial charge in [-0.1, -0.05) is 0 Å². The van der Waals surface area contributed by atoms with Gasteiger partial charge in [-0.25, -0.2) is 0 Å². The van der Waals surface area contributed by atoms with Crippen molar-refractivity contribution in [2.45, 2.75) is 18.6 Å². The monoisotopic (exact) mass is 271 g/mol. The Labute approximate surface area is 109 Å². The number of rotatable bonds is 4. The minimum atomic E-state index is 0.132. The van der Waals surface area contributed by atoms with Crippen molar-refractivity contribution < 1.29 is 0 Å². The normalized spacial score (nSPS) is 12.0. The molecule has 0 atom stereocenters. The van der Waals surface area contributed by atoms with Crippen LogP contribution in [0.1, 0.15) is 13.8 Å². The van der Waals surface area contributed by atoms with Gasteiger partial charge in [-0.3, -0.25) is 5.10 Å². The van der Waals surface area contributed by atoms with E-state index in [2.05, 4.69) is 45.6 Å². The summed E-state index contributed by atoms with van der Waals surface area (Å²) in [6.45, 7) is 5.13. The summed E-state index contributed by atoms with van der Waals surface area (Å²) in [7, 11) is 0. The van der Waals surface area contributed by atoms with Crippen molar-refractivity contribution in [3.8, 4) is 0 Å². The van der Waals surface area contributed by atoms with Crippen LogP contribution in [0.15, 0.2) is 6.20 Å². The molecule has 0 aliphatic heterocycles. The third-order valence-corrected chi connectivity index (χ3v) is 3.94. The molecule has 17 heavy (non-hydrogen) atoms. The molecule has 0 saturated carbocycles. The maximum absolute atomic E-state index is 5.85. The highest BCUT2D eigenvalue weighted by Gasteiger charge is 2.17. The van der Waals surface area contributed by atoms with Crippen molar-refractivity contribution in [1.29, 1.82) is 0 Å². The lowest BCUT2D eigenvalue weighted by atomic mass is 10.2. The zero-order valence-electron chi connectivity index (χ0n) is 9.91. The highest BCUT2D eigenvalue weighted by Crippen LogP contribution is 2.24. The summed E-state index contributed by atoms with van der Waals surface area (Å²) in [5, 5.41) is 11.1. The quantitative estimate of drug-likeness (QED) is 0.837. The Bertz CT molecular complexity index is 524. The first kappa shape index (κ1) is 12.4. The van der Waals surface area contributed by atoms with Crippen molar-refractivity contribution in [2.24, 2.45) is 0 Å². The first-order valence-electron chi connectivity index (χ1n) is 5.17. The van der Waals surface area contributed by atoms with E-state index in [-0.39, 0.29) is 10.0 Å². The molecule has 0 unspecified atom stereocenters. The van der Waals surface area contributed by atoms with E-state index in [0.717, 1.165) is 17.7 Å². The van der Waals surface area contributed by atoms with Gasteiger partial charge in [0.2, 0.25) is 5.28 Å². The van der Waals surface area contributed by atoms with Gasteiger partial charge in [0.25, 0.3) is 0 Å². The lowest BCUT2D eigenvalue weighted by Gasteiger charge is -2.22. The average molecular weight is 272 g/mol. The lowest BCUT2D eigenvalue weighted by Crippen LogP contribution is -2.26. The molecule has 0 bridgehead atoms. The van der Waals surface area contributed by atoms with Crippen molar-refractivity contribution in [3.05, 3.63) is 11.5 Å². The number of H-pyrrole nitrogens is 1. The number of aromatic nitrogens is 4. The molecule has 2 N–H and O–H groups in total. The SMILES string of the molecule is CSC(C)(C)CNc1nc(Cl)nc2[nH]ncc12. The lowest BCUT2D eigenvalue weighted by molar-refractivity contribution is 0.750. The summed E-state index contributed by atoms with van der Waals surface area (Å²) >= 11 is 7.65. The van der Waals surface area contributed by atoms with Crippen LogP contribution in [0.4, 0.5) is 5.82 Å². The fraction of sp³-hybridized carbons (Fsp3) is 0.500. The molecule has 0 fully saturated rings. The van der Waals surface area contributed by atoms with E-state index in [1.165, 1.54) is 0 Å². The van der Waals surface area contributed by atoms with Crippen LogP contribution in [-0.2, 0) is 0 Å². The zero-order valence-corrected chi connectivity index (χ0v) is 11.5. The number of hydrogen-bond donors (Lipinski definition) is 2. The summed E-state index contributed by atoms with van der Waals surface area (Å²) in [5.41, 5.74) is 0.648. The Morgan fingerprint density at radius 1 is 1.47 bits per heavy atom. The van der Waals surface area contributed by atoms with Gasteiger partial charge >= 0.3 is 0 Å². The molecule has 2 aromatic heterocycles. The molecule has 2 rings (SSSR count). The van der Waals surface area contributed by atoms with Crippen LogP contribution in [0.3, 0.4) is 0 Å². The van der Waals surface area contributed by atoms with Crippen LogP contribution in [-0.4, -0.2) is 37.7 Å². The molecule has 0 aromatic carbocycles. The third-order valence-electron chi connectivity index (χ3n) is 2.52. The second-order valence-corrected chi connectivity index (χ2v) is 6.14. The Kier molecular flexibility index (Phi) is 3.44. The van der Waals surface area contributed by atoms with E-state index in [0.29, 0.717) is 5.65 Å². The van der Waals surface area contributed by atoms with Gasteiger partial charge in [0.1, 0.15) is 5.82 Å². The van der Waals surface area contributed by atoms with Crippen LogP contribution in [0.25, 0.3) is 11.0 Å². The smallest absolute Gasteiger partial charge is 0.226 e. The highest BCUT2D eigenvalue weighted by molar-refractivity contribution is 7.99. The van der Waals surface area contributed by atoms with Gasteiger partial charge in [0, 0.05) is 11.3 Å². The number of nitrogens with one attached hydrogen (secondary N) is 2. The van der Waals surface area contributed by atoms with Gasteiger partial charge in [0.05, 0.1) is 11.6 Å². The minimum Gasteiger partial charge on any atom is -0.368 e. The second kappa shape index (κ2) is 4.70. The second-order valence-electron chi connectivity index (χ2n) is 4.29. The largest absolute Gasteiger partial charge is 0.368 e. The maximum atomic E-state index is 5.85. The molecule has 2 aromatic rings. The Balaban J connectivity index is 2.26. The van der Waals surface area contributed by atoms with Crippen molar-refractivity contribution in [3.63, 3.8) is 0 Å². The van der Waals surface area contributed by atoms with Crippen LogP contribution in [0.2, 0.25) is 5.28 Å². The van der Waals surface area contributed by atoms with E-state index in [1.807, 2.05) is 0 Å². The van der Waals surface area contributed by atoms with Gasteiger partial charge in [0.15, 0.2) is 5.65 Å². The summed E-state index contributed by atoms with van der Waals surface area (Å²) < 4.78 is 0.132. The Morgan fingerprint density at radius 3 is 2.94 bits per heavy atom. The first-order chi connectivity index (χ1) is 8.02. The minimum absolute atomic E-state index is 0.132. The molecule has 0 aliphatic carbocycles. The summed E-state index contributed by atoms with van der Waals surface area (Å²) in [5.74, 6) is 0.718.